The third kappa shape index (κ3) is 2.59. The van der Waals surface area contributed by atoms with Crippen molar-refractivity contribution in [3.63, 3.8) is 0 Å². The molecule has 2 aromatic heterocycles. The van der Waals surface area contributed by atoms with Gasteiger partial charge in [0.05, 0.1) is 5.02 Å². The molecule has 9 heteroatoms. The molecule has 2 heterocycles. The predicted molar refractivity (Wildman–Crippen MR) is 67.8 cm³/mol. The summed E-state index contributed by atoms with van der Waals surface area (Å²) < 4.78 is 1.06. The van der Waals surface area contributed by atoms with Crippen LogP contribution in [0, 0.1) is 0 Å². The first kappa shape index (κ1) is 13.1. The van der Waals surface area contributed by atoms with E-state index in [1.54, 1.807) is 12.1 Å². The van der Waals surface area contributed by atoms with E-state index in [-0.39, 0.29) is 16.8 Å². The number of hydrogen-bond donors (Lipinski definition) is 1. The summed E-state index contributed by atoms with van der Waals surface area (Å²) in [5, 5.41) is 0.948. The van der Waals surface area contributed by atoms with Crippen molar-refractivity contribution in [1.82, 2.24) is 19.5 Å². The molecule has 0 aromatic carbocycles. The second-order valence-corrected chi connectivity index (χ2v) is 3.91. The summed E-state index contributed by atoms with van der Waals surface area (Å²) in [5.74, 6) is 4.91. The molecule has 0 bridgehead atoms. The molecular formula is C10H9ClN6O2. The van der Waals surface area contributed by atoms with E-state index in [2.05, 4.69) is 15.0 Å². The van der Waals surface area contributed by atoms with Gasteiger partial charge < -0.3 is 0 Å². The molecular weight excluding hydrogens is 272 g/mol. The van der Waals surface area contributed by atoms with E-state index < -0.39 is 11.6 Å². The number of nitrogens with zero attached hydrogens (tertiary/aromatic N) is 5. The Bertz CT molecular complexity index is 686. The monoisotopic (exact) mass is 280 g/mol. The average Bonchev–Trinajstić information content (AvgIpc) is 2.38. The van der Waals surface area contributed by atoms with E-state index in [9.17, 15) is 9.59 Å². The smallest absolute Gasteiger partial charge is 0.273 e. The average molecular weight is 281 g/mol. The lowest BCUT2D eigenvalue weighted by molar-refractivity contribution is -0.116. The van der Waals surface area contributed by atoms with Crippen LogP contribution in [0.3, 0.4) is 0 Å². The molecule has 0 atom stereocenters. The lowest BCUT2D eigenvalue weighted by Gasteiger charge is -2.12. The Balaban J connectivity index is 2.49. The van der Waals surface area contributed by atoms with Crippen LogP contribution in [0.4, 0.5) is 5.95 Å². The highest BCUT2D eigenvalue weighted by molar-refractivity contribution is 6.32. The number of aromatic nitrogens is 4. The molecule has 2 N–H and O–H groups in total. The van der Waals surface area contributed by atoms with Gasteiger partial charge in [0.25, 0.3) is 5.95 Å². The van der Waals surface area contributed by atoms with Crippen LogP contribution >= 0.6 is 11.6 Å². The molecule has 0 fully saturated rings. The van der Waals surface area contributed by atoms with Gasteiger partial charge >= 0.3 is 5.69 Å². The number of amides is 1. The standard InChI is InChI=1S/C10H9ClN6O2/c1-6(18)17(12)9-14-5-16(10(19)15-9)8-7(11)3-2-4-13-8/h2-5H,12H2,1H3. The molecule has 2 rings (SSSR count). The third-order valence-corrected chi connectivity index (χ3v) is 2.51. The number of hydrazine groups is 1. The third-order valence-electron chi connectivity index (χ3n) is 2.21. The van der Waals surface area contributed by atoms with Gasteiger partial charge in [0.2, 0.25) is 5.91 Å². The van der Waals surface area contributed by atoms with Gasteiger partial charge in [-0.05, 0) is 12.1 Å². The van der Waals surface area contributed by atoms with Crippen molar-refractivity contribution in [2.75, 3.05) is 5.01 Å². The van der Waals surface area contributed by atoms with Crippen LogP contribution in [0.2, 0.25) is 5.02 Å². The van der Waals surface area contributed by atoms with Crippen molar-refractivity contribution >= 4 is 23.5 Å². The Labute approximate surface area is 112 Å². The minimum atomic E-state index is -0.692. The zero-order chi connectivity index (χ0) is 14.0. The van der Waals surface area contributed by atoms with Gasteiger partial charge in [-0.25, -0.2) is 30.2 Å². The molecule has 0 saturated heterocycles. The number of rotatable bonds is 2. The van der Waals surface area contributed by atoms with Crippen molar-refractivity contribution in [1.29, 1.82) is 0 Å². The fourth-order valence-electron chi connectivity index (χ4n) is 1.28. The first-order chi connectivity index (χ1) is 9.00. The fourth-order valence-corrected chi connectivity index (χ4v) is 1.50. The molecule has 0 saturated carbocycles. The minimum absolute atomic E-state index is 0.194. The van der Waals surface area contributed by atoms with Crippen molar-refractivity contribution in [3.8, 4) is 5.82 Å². The van der Waals surface area contributed by atoms with Gasteiger partial charge in [0, 0.05) is 13.1 Å². The summed E-state index contributed by atoms with van der Waals surface area (Å²) in [7, 11) is 0. The highest BCUT2D eigenvalue weighted by Gasteiger charge is 2.13. The Morgan fingerprint density at radius 3 is 2.79 bits per heavy atom. The second-order valence-electron chi connectivity index (χ2n) is 3.51. The topological polar surface area (TPSA) is 107 Å². The lowest BCUT2D eigenvalue weighted by Crippen LogP contribution is -2.39. The van der Waals surface area contributed by atoms with Crippen LogP contribution in [-0.2, 0) is 4.79 Å². The van der Waals surface area contributed by atoms with Crippen LogP contribution in [-0.4, -0.2) is 25.4 Å². The minimum Gasteiger partial charge on any atom is -0.273 e. The fraction of sp³-hybridized carbons (Fsp3) is 0.100. The van der Waals surface area contributed by atoms with Crippen LogP contribution in [0.25, 0.3) is 5.82 Å². The molecule has 0 aliphatic carbocycles. The number of hydrogen-bond acceptors (Lipinski definition) is 6. The molecule has 0 unspecified atom stereocenters. The first-order valence-electron chi connectivity index (χ1n) is 5.12. The van der Waals surface area contributed by atoms with Gasteiger partial charge in [-0.3, -0.25) is 4.79 Å². The molecule has 2 aromatic rings. The van der Waals surface area contributed by atoms with Gasteiger partial charge in [0.15, 0.2) is 5.82 Å². The van der Waals surface area contributed by atoms with E-state index in [1.807, 2.05) is 0 Å². The molecule has 0 aliphatic heterocycles. The maximum Gasteiger partial charge on any atom is 0.357 e. The Morgan fingerprint density at radius 1 is 1.47 bits per heavy atom. The van der Waals surface area contributed by atoms with Crippen molar-refractivity contribution < 1.29 is 4.79 Å². The van der Waals surface area contributed by atoms with Gasteiger partial charge in [0.1, 0.15) is 6.33 Å². The Morgan fingerprint density at radius 2 is 2.21 bits per heavy atom. The largest absolute Gasteiger partial charge is 0.357 e. The SMILES string of the molecule is CC(=O)N(N)c1ncn(-c2ncccc2Cl)c(=O)n1. The van der Waals surface area contributed by atoms with Crippen LogP contribution in [0.15, 0.2) is 29.5 Å². The highest BCUT2D eigenvalue weighted by atomic mass is 35.5. The molecule has 8 nitrogen and oxygen atoms in total. The van der Waals surface area contributed by atoms with Gasteiger partial charge in [-0.1, -0.05) is 11.6 Å². The molecule has 1 amide bonds. The number of carbonyl (C=O) groups excluding carboxylic acids is 1. The van der Waals surface area contributed by atoms with E-state index in [4.69, 9.17) is 17.4 Å². The zero-order valence-corrected chi connectivity index (χ0v) is 10.6. The number of pyridine rings is 1. The highest BCUT2D eigenvalue weighted by Crippen LogP contribution is 2.14. The van der Waals surface area contributed by atoms with Crippen LogP contribution in [0.5, 0.6) is 0 Å². The van der Waals surface area contributed by atoms with Crippen molar-refractivity contribution in [2.24, 2.45) is 5.84 Å². The molecule has 19 heavy (non-hydrogen) atoms. The predicted octanol–water partition coefficient (Wildman–Crippen LogP) is -0.0975. The first-order valence-corrected chi connectivity index (χ1v) is 5.50. The van der Waals surface area contributed by atoms with E-state index in [0.717, 1.165) is 10.9 Å². The van der Waals surface area contributed by atoms with Crippen LogP contribution < -0.4 is 16.5 Å². The summed E-state index contributed by atoms with van der Waals surface area (Å²) in [4.78, 5) is 34.2. The summed E-state index contributed by atoms with van der Waals surface area (Å²) in [6.45, 7) is 1.23. The number of carbonyl (C=O) groups is 1. The number of anilines is 1. The molecule has 0 aliphatic rings. The lowest BCUT2D eigenvalue weighted by atomic mass is 10.4. The summed E-state index contributed by atoms with van der Waals surface area (Å²) >= 11 is 5.92. The van der Waals surface area contributed by atoms with Crippen LogP contribution in [0.1, 0.15) is 6.92 Å². The van der Waals surface area contributed by atoms with Crippen molar-refractivity contribution in [2.45, 2.75) is 6.92 Å². The normalized spacial score (nSPS) is 10.3. The maximum atomic E-state index is 11.8. The molecule has 0 spiro atoms. The quantitative estimate of drug-likeness (QED) is 0.468. The van der Waals surface area contributed by atoms with Gasteiger partial charge in [-0.15, -0.1) is 0 Å². The zero-order valence-electron chi connectivity index (χ0n) is 9.82. The Hall–Kier alpha value is -2.32. The van der Waals surface area contributed by atoms with Crippen molar-refractivity contribution in [3.05, 3.63) is 40.2 Å². The molecule has 98 valence electrons. The molecule has 0 radical (unpaired) electrons. The van der Waals surface area contributed by atoms with E-state index in [1.165, 1.54) is 13.1 Å². The van der Waals surface area contributed by atoms with E-state index in [0.29, 0.717) is 5.01 Å². The summed E-state index contributed by atoms with van der Waals surface area (Å²) in [5.41, 5.74) is -0.692. The number of nitrogens with two attached hydrogens (primary N) is 1. The Kier molecular flexibility index (Phi) is 3.54. The van der Waals surface area contributed by atoms with Gasteiger partial charge in [-0.2, -0.15) is 4.98 Å². The second kappa shape index (κ2) is 5.12. The summed E-state index contributed by atoms with van der Waals surface area (Å²) in [6, 6.07) is 3.21. The number of halogens is 1. The maximum absolute atomic E-state index is 11.8. The van der Waals surface area contributed by atoms with E-state index >= 15 is 0 Å². The summed E-state index contributed by atoms with van der Waals surface area (Å²) in [6.07, 6.45) is 2.63.